The van der Waals surface area contributed by atoms with E-state index in [-0.39, 0.29) is 28.8 Å². The molecule has 0 bridgehead atoms. The first-order valence-corrected chi connectivity index (χ1v) is 14.5. The number of piperazine rings is 1. The van der Waals surface area contributed by atoms with Gasteiger partial charge in [-0.05, 0) is 57.7 Å². The van der Waals surface area contributed by atoms with Gasteiger partial charge in [0.15, 0.2) is 5.82 Å². The average molecular weight is 564 g/mol. The number of aryl methyl sites for hydroxylation is 1. The van der Waals surface area contributed by atoms with E-state index < -0.39 is 0 Å². The van der Waals surface area contributed by atoms with E-state index in [1.54, 1.807) is 6.92 Å². The zero-order valence-electron chi connectivity index (χ0n) is 24.1. The second-order valence-corrected chi connectivity index (χ2v) is 12.7. The molecule has 1 unspecified atom stereocenters. The number of hydrogen-bond donors (Lipinski definition) is 1. The number of H-pyrrole nitrogens is 1. The van der Waals surface area contributed by atoms with Crippen LogP contribution in [0.1, 0.15) is 57.3 Å². The normalized spacial score (nSPS) is 22.5. The molecule has 3 fully saturated rings. The molecule has 3 aliphatic rings. The largest absolute Gasteiger partial charge is 0.346 e. The molecule has 40 heavy (non-hydrogen) atoms. The summed E-state index contributed by atoms with van der Waals surface area (Å²) in [5, 5.41) is 14.5. The molecule has 1 atom stereocenters. The summed E-state index contributed by atoms with van der Waals surface area (Å²) in [4.78, 5) is 30.6. The van der Waals surface area contributed by atoms with Crippen molar-refractivity contribution in [3.8, 4) is 11.1 Å². The van der Waals surface area contributed by atoms with Crippen molar-refractivity contribution in [1.82, 2.24) is 29.8 Å². The highest BCUT2D eigenvalue weighted by molar-refractivity contribution is 6.36. The van der Waals surface area contributed by atoms with Crippen molar-refractivity contribution in [2.45, 2.75) is 65.5 Å². The lowest BCUT2D eigenvalue weighted by Gasteiger charge is -2.58. The lowest BCUT2D eigenvalue weighted by molar-refractivity contribution is -0.149. The minimum absolute atomic E-state index is 0.00990. The SMILES string of the molecule is C=CC(=O)N1CC2(CC(n3nc(N4CCN(C(C)=O)CC4(C)CC)c(-c4c(Cl)c(C)cc5[nH]ncc45)c3C)C2)C1. The summed E-state index contributed by atoms with van der Waals surface area (Å²) >= 11 is 7.09. The number of fused-ring (bicyclic) bond motifs is 1. The van der Waals surface area contributed by atoms with Crippen LogP contribution in [0.2, 0.25) is 5.02 Å². The quantitative estimate of drug-likeness (QED) is 0.447. The monoisotopic (exact) mass is 563 g/mol. The lowest BCUT2D eigenvalue weighted by atomic mass is 9.60. The second kappa shape index (κ2) is 9.36. The molecule has 0 radical (unpaired) electrons. The first-order valence-electron chi connectivity index (χ1n) is 14.2. The fraction of sp³-hybridized carbons (Fsp3) is 0.533. The van der Waals surface area contributed by atoms with E-state index in [0.717, 1.165) is 71.5 Å². The maximum atomic E-state index is 12.3. The van der Waals surface area contributed by atoms with E-state index in [9.17, 15) is 9.59 Å². The summed E-state index contributed by atoms with van der Waals surface area (Å²) in [5.41, 5.74) is 4.89. The van der Waals surface area contributed by atoms with Gasteiger partial charge >= 0.3 is 0 Å². The van der Waals surface area contributed by atoms with E-state index in [1.807, 2.05) is 29.0 Å². The predicted octanol–water partition coefficient (Wildman–Crippen LogP) is 4.88. The summed E-state index contributed by atoms with van der Waals surface area (Å²) in [5.74, 6) is 1.03. The van der Waals surface area contributed by atoms with Crippen LogP contribution in [0.3, 0.4) is 0 Å². The van der Waals surface area contributed by atoms with Crippen LogP contribution in [0.4, 0.5) is 5.82 Å². The molecule has 4 heterocycles. The molecule has 2 saturated heterocycles. The first kappa shape index (κ1) is 26.9. The van der Waals surface area contributed by atoms with E-state index in [2.05, 4.69) is 47.1 Å². The number of nitrogens with one attached hydrogen (secondary N) is 1. The molecule has 1 aromatic carbocycles. The Hall–Kier alpha value is -3.33. The standard InChI is InChI=1S/C30H38ClN7O2/c1-7-24(40)36-16-30(17-36)12-21(13-30)38-19(4)25(26-22-14-32-33-23(22)11-18(3)27(26)31)28(34-38)37-10-9-35(20(5)39)15-29(37,6)8-2/h7,11,14,21H,1,8-10,12-13,15-17H2,2-6H3,(H,32,33). The first-order chi connectivity index (χ1) is 19.0. The Labute approximate surface area is 240 Å². The average Bonchev–Trinajstić information content (AvgIpc) is 3.47. The summed E-state index contributed by atoms with van der Waals surface area (Å²) in [6, 6.07) is 2.29. The van der Waals surface area contributed by atoms with Crippen LogP contribution in [0.5, 0.6) is 0 Å². The Morgan fingerprint density at radius 3 is 2.55 bits per heavy atom. The van der Waals surface area contributed by atoms with Crippen LogP contribution in [0.15, 0.2) is 24.9 Å². The maximum Gasteiger partial charge on any atom is 0.245 e. The Morgan fingerprint density at radius 2 is 1.90 bits per heavy atom. The van der Waals surface area contributed by atoms with Gasteiger partial charge in [-0.2, -0.15) is 10.2 Å². The van der Waals surface area contributed by atoms with Gasteiger partial charge < -0.3 is 14.7 Å². The van der Waals surface area contributed by atoms with Crippen LogP contribution in [-0.2, 0) is 9.59 Å². The number of nitrogens with zero attached hydrogens (tertiary/aromatic N) is 6. The molecule has 3 aromatic rings. The Bertz CT molecular complexity index is 1530. The van der Waals surface area contributed by atoms with Gasteiger partial charge in [-0.25, -0.2) is 0 Å². The molecular formula is C30H38ClN7O2. The van der Waals surface area contributed by atoms with Crippen LogP contribution in [0, 0.1) is 19.3 Å². The number of carbonyl (C=O) groups is 2. The smallest absolute Gasteiger partial charge is 0.245 e. The summed E-state index contributed by atoms with van der Waals surface area (Å²) in [6.07, 6.45) is 6.09. The molecule has 6 rings (SSSR count). The van der Waals surface area contributed by atoms with E-state index in [0.29, 0.717) is 24.7 Å². The fourth-order valence-electron chi connectivity index (χ4n) is 7.20. The minimum Gasteiger partial charge on any atom is -0.346 e. The number of hydrogen-bond acceptors (Lipinski definition) is 5. The summed E-state index contributed by atoms with van der Waals surface area (Å²) in [7, 11) is 0. The Balaban J connectivity index is 1.45. The number of rotatable bonds is 5. The number of anilines is 1. The third-order valence-electron chi connectivity index (χ3n) is 9.71. The zero-order valence-corrected chi connectivity index (χ0v) is 24.8. The third kappa shape index (κ3) is 3.96. The molecule has 9 nitrogen and oxygen atoms in total. The van der Waals surface area contributed by atoms with Gasteiger partial charge in [0.05, 0.1) is 28.3 Å². The van der Waals surface area contributed by atoms with Gasteiger partial charge in [-0.3, -0.25) is 19.4 Å². The number of benzene rings is 1. The molecule has 10 heteroatoms. The molecule has 1 N–H and O–H groups in total. The van der Waals surface area contributed by atoms with Crippen molar-refractivity contribution in [1.29, 1.82) is 0 Å². The lowest BCUT2D eigenvalue weighted by Crippen LogP contribution is -2.63. The van der Waals surface area contributed by atoms with Crippen molar-refractivity contribution < 1.29 is 9.59 Å². The minimum atomic E-state index is -0.281. The van der Waals surface area contributed by atoms with Gasteiger partial charge in [0.2, 0.25) is 11.8 Å². The van der Waals surface area contributed by atoms with E-state index in [4.69, 9.17) is 16.7 Å². The highest BCUT2D eigenvalue weighted by atomic mass is 35.5. The van der Waals surface area contributed by atoms with Gasteiger partial charge in [0.25, 0.3) is 0 Å². The van der Waals surface area contributed by atoms with Crippen LogP contribution in [-0.4, -0.2) is 79.9 Å². The number of aromatic amines is 1. The topological polar surface area (TPSA) is 90.4 Å². The van der Waals surface area contributed by atoms with Crippen LogP contribution in [0.25, 0.3) is 22.0 Å². The molecule has 212 valence electrons. The van der Waals surface area contributed by atoms with Crippen molar-refractivity contribution in [2.24, 2.45) is 5.41 Å². The molecule has 1 saturated carbocycles. The number of carbonyl (C=O) groups excluding carboxylic acids is 2. The van der Waals surface area contributed by atoms with Gasteiger partial charge in [-0.1, -0.05) is 25.1 Å². The highest BCUT2D eigenvalue weighted by Crippen LogP contribution is 2.56. The Kier molecular flexibility index (Phi) is 6.29. The third-order valence-corrected chi connectivity index (χ3v) is 10.2. The number of amides is 2. The maximum absolute atomic E-state index is 12.3. The van der Waals surface area contributed by atoms with Crippen molar-refractivity contribution in [3.05, 3.63) is 41.2 Å². The van der Waals surface area contributed by atoms with Crippen molar-refractivity contribution in [3.63, 3.8) is 0 Å². The van der Waals surface area contributed by atoms with Crippen LogP contribution < -0.4 is 4.90 Å². The molecule has 1 aliphatic carbocycles. The number of likely N-dealkylation sites (tertiary alicyclic amines) is 1. The van der Waals surface area contributed by atoms with Gasteiger partial charge in [0, 0.05) is 67.3 Å². The molecule has 2 aromatic heterocycles. The van der Waals surface area contributed by atoms with E-state index >= 15 is 0 Å². The van der Waals surface area contributed by atoms with E-state index in [1.165, 1.54) is 6.08 Å². The predicted molar refractivity (Wildman–Crippen MR) is 158 cm³/mol. The second-order valence-electron chi connectivity index (χ2n) is 12.3. The molecule has 1 spiro atoms. The summed E-state index contributed by atoms with van der Waals surface area (Å²) in [6.45, 7) is 17.4. The molecule has 2 amide bonds. The van der Waals surface area contributed by atoms with Crippen LogP contribution >= 0.6 is 11.6 Å². The van der Waals surface area contributed by atoms with Crippen molar-refractivity contribution >= 4 is 40.1 Å². The molecular weight excluding hydrogens is 526 g/mol. The fourth-order valence-corrected chi connectivity index (χ4v) is 7.46. The Morgan fingerprint density at radius 1 is 1.18 bits per heavy atom. The van der Waals surface area contributed by atoms with Gasteiger partial charge in [-0.15, -0.1) is 0 Å². The van der Waals surface area contributed by atoms with Gasteiger partial charge in [0.1, 0.15) is 0 Å². The number of aromatic nitrogens is 4. The number of halogens is 1. The van der Waals surface area contributed by atoms with Crippen molar-refractivity contribution in [2.75, 3.05) is 37.6 Å². The summed E-state index contributed by atoms with van der Waals surface area (Å²) < 4.78 is 2.20. The molecule has 2 aliphatic heterocycles. The zero-order chi connectivity index (χ0) is 28.6. The highest BCUT2D eigenvalue weighted by Gasteiger charge is 2.54.